The third kappa shape index (κ3) is 4.12. The Morgan fingerprint density at radius 1 is 1.50 bits per heavy atom. The summed E-state index contributed by atoms with van der Waals surface area (Å²) >= 11 is 1.47. The number of halogens is 1. The van der Waals surface area contributed by atoms with Crippen molar-refractivity contribution < 1.29 is 9.50 Å². The van der Waals surface area contributed by atoms with Gasteiger partial charge in [0.1, 0.15) is 5.82 Å². The first-order chi connectivity index (χ1) is 7.67. The first kappa shape index (κ1) is 13.5. The van der Waals surface area contributed by atoms with Crippen LogP contribution in [0.1, 0.15) is 18.9 Å². The quantitative estimate of drug-likeness (QED) is 0.753. The molecule has 1 aromatic carbocycles. The van der Waals surface area contributed by atoms with E-state index in [2.05, 4.69) is 5.32 Å². The molecule has 0 aliphatic heterocycles. The van der Waals surface area contributed by atoms with Crippen LogP contribution < -0.4 is 5.32 Å². The van der Waals surface area contributed by atoms with Crippen molar-refractivity contribution in [2.45, 2.75) is 30.0 Å². The molecule has 1 rings (SSSR count). The minimum atomic E-state index is -0.178. The molecule has 2 N–H and O–H groups in total. The number of benzene rings is 1. The largest absolute Gasteiger partial charge is 0.396 e. The van der Waals surface area contributed by atoms with Crippen molar-refractivity contribution in [1.82, 2.24) is 5.32 Å². The fraction of sp³-hybridized carbons (Fsp3) is 0.500. The predicted molar refractivity (Wildman–Crippen MR) is 66.2 cm³/mol. The highest BCUT2D eigenvalue weighted by Crippen LogP contribution is 2.28. The van der Waals surface area contributed by atoms with Gasteiger partial charge >= 0.3 is 0 Å². The van der Waals surface area contributed by atoms with Crippen LogP contribution in [-0.2, 0) is 6.54 Å². The zero-order chi connectivity index (χ0) is 12.0. The highest BCUT2D eigenvalue weighted by atomic mass is 32.2. The van der Waals surface area contributed by atoms with E-state index in [1.165, 1.54) is 11.8 Å². The van der Waals surface area contributed by atoms with Gasteiger partial charge in [0.15, 0.2) is 0 Å². The molecule has 0 aliphatic carbocycles. The number of aliphatic hydroxyl groups excluding tert-OH is 1. The van der Waals surface area contributed by atoms with Gasteiger partial charge in [-0.2, -0.15) is 0 Å². The lowest BCUT2D eigenvalue weighted by molar-refractivity contribution is 0.289. The molecule has 16 heavy (non-hydrogen) atoms. The average Bonchev–Trinajstić information content (AvgIpc) is 2.23. The third-order valence-corrected chi connectivity index (χ3v) is 3.46. The first-order valence-corrected chi connectivity index (χ1v) is 6.26. The summed E-state index contributed by atoms with van der Waals surface area (Å²) in [6, 6.07) is 5.29. The van der Waals surface area contributed by atoms with Crippen molar-refractivity contribution in [2.75, 3.05) is 13.7 Å². The molecule has 0 amide bonds. The molecule has 0 bridgehead atoms. The van der Waals surface area contributed by atoms with Gasteiger partial charge in [-0.15, -0.1) is 11.8 Å². The summed E-state index contributed by atoms with van der Waals surface area (Å²) in [5, 5.41) is 12.0. The molecule has 0 fully saturated rings. The molecule has 1 atom stereocenters. The lowest BCUT2D eigenvalue weighted by Gasteiger charge is -2.11. The molecule has 0 saturated heterocycles. The Morgan fingerprint density at radius 2 is 2.25 bits per heavy atom. The van der Waals surface area contributed by atoms with Crippen LogP contribution in [0.15, 0.2) is 23.1 Å². The van der Waals surface area contributed by atoms with Crippen molar-refractivity contribution >= 4 is 11.8 Å². The maximum absolute atomic E-state index is 13.7. The lowest BCUT2D eigenvalue weighted by Crippen LogP contribution is -2.05. The van der Waals surface area contributed by atoms with Gasteiger partial charge in [-0.05, 0) is 31.2 Å². The van der Waals surface area contributed by atoms with Gasteiger partial charge in [0.05, 0.1) is 0 Å². The van der Waals surface area contributed by atoms with E-state index < -0.39 is 0 Å². The molecule has 0 radical (unpaired) electrons. The summed E-state index contributed by atoms with van der Waals surface area (Å²) in [6.45, 7) is 2.81. The SMILES string of the molecule is CNCc1ccc(SC(C)CCO)c(F)c1. The fourth-order valence-corrected chi connectivity index (χ4v) is 2.39. The van der Waals surface area contributed by atoms with Crippen LogP contribution in [-0.4, -0.2) is 24.0 Å². The van der Waals surface area contributed by atoms with E-state index >= 15 is 0 Å². The van der Waals surface area contributed by atoms with Gasteiger partial charge < -0.3 is 10.4 Å². The number of thioether (sulfide) groups is 1. The van der Waals surface area contributed by atoms with Crippen LogP contribution in [0.25, 0.3) is 0 Å². The number of hydrogen-bond acceptors (Lipinski definition) is 3. The standard InChI is InChI=1S/C12H18FNOS/c1-9(5-6-15)16-12-4-3-10(8-14-2)7-11(12)13/h3-4,7,9,14-15H,5-6,8H2,1-2H3. The van der Waals surface area contributed by atoms with Crippen LogP contribution >= 0.6 is 11.8 Å². The summed E-state index contributed by atoms with van der Waals surface area (Å²) in [6.07, 6.45) is 0.683. The number of nitrogens with one attached hydrogen (secondary N) is 1. The predicted octanol–water partition coefficient (Wildman–Crippen LogP) is 2.41. The Hall–Kier alpha value is -0.580. The lowest BCUT2D eigenvalue weighted by atomic mass is 10.2. The maximum atomic E-state index is 13.7. The molecular formula is C12H18FNOS. The Balaban J connectivity index is 2.67. The van der Waals surface area contributed by atoms with Gasteiger partial charge in [-0.25, -0.2) is 4.39 Å². The van der Waals surface area contributed by atoms with Gasteiger partial charge in [0, 0.05) is 23.3 Å². The maximum Gasteiger partial charge on any atom is 0.137 e. The summed E-state index contributed by atoms with van der Waals surface area (Å²) < 4.78 is 13.7. The summed E-state index contributed by atoms with van der Waals surface area (Å²) in [7, 11) is 1.84. The summed E-state index contributed by atoms with van der Waals surface area (Å²) in [5.74, 6) is -0.178. The first-order valence-electron chi connectivity index (χ1n) is 5.38. The molecule has 0 heterocycles. The topological polar surface area (TPSA) is 32.3 Å². The van der Waals surface area contributed by atoms with Gasteiger partial charge in [-0.1, -0.05) is 13.0 Å². The van der Waals surface area contributed by atoms with Crippen LogP contribution in [0.2, 0.25) is 0 Å². The number of hydrogen-bond donors (Lipinski definition) is 2. The number of aliphatic hydroxyl groups is 1. The highest BCUT2D eigenvalue weighted by Gasteiger charge is 2.08. The molecule has 1 unspecified atom stereocenters. The van der Waals surface area contributed by atoms with Gasteiger partial charge in [0.25, 0.3) is 0 Å². The van der Waals surface area contributed by atoms with Crippen molar-refractivity contribution in [3.8, 4) is 0 Å². The van der Waals surface area contributed by atoms with E-state index in [4.69, 9.17) is 5.11 Å². The minimum absolute atomic E-state index is 0.146. The van der Waals surface area contributed by atoms with E-state index in [0.717, 1.165) is 5.56 Å². The molecule has 4 heteroatoms. The van der Waals surface area contributed by atoms with Crippen molar-refractivity contribution in [3.63, 3.8) is 0 Å². The summed E-state index contributed by atoms with van der Waals surface area (Å²) in [4.78, 5) is 0.654. The van der Waals surface area contributed by atoms with Gasteiger partial charge in [-0.3, -0.25) is 0 Å². The van der Waals surface area contributed by atoms with E-state index in [1.54, 1.807) is 12.1 Å². The highest BCUT2D eigenvalue weighted by molar-refractivity contribution is 7.99. The smallest absolute Gasteiger partial charge is 0.137 e. The average molecular weight is 243 g/mol. The molecule has 0 aromatic heterocycles. The van der Waals surface area contributed by atoms with E-state index in [-0.39, 0.29) is 17.7 Å². The number of rotatable bonds is 6. The van der Waals surface area contributed by atoms with Crippen LogP contribution in [0.3, 0.4) is 0 Å². The molecule has 90 valence electrons. The molecule has 0 spiro atoms. The Kier molecular flexibility index (Phi) is 5.80. The molecular weight excluding hydrogens is 225 g/mol. The molecule has 0 saturated carbocycles. The van der Waals surface area contributed by atoms with E-state index in [9.17, 15) is 4.39 Å². The Labute approximate surface area is 100 Å². The monoisotopic (exact) mass is 243 g/mol. The molecule has 1 aromatic rings. The van der Waals surface area contributed by atoms with E-state index in [0.29, 0.717) is 17.9 Å². The van der Waals surface area contributed by atoms with Crippen LogP contribution in [0, 0.1) is 5.82 Å². The second kappa shape index (κ2) is 6.89. The third-order valence-electron chi connectivity index (χ3n) is 2.24. The van der Waals surface area contributed by atoms with Crippen LogP contribution in [0.4, 0.5) is 4.39 Å². The zero-order valence-corrected chi connectivity index (χ0v) is 10.5. The Morgan fingerprint density at radius 3 is 2.81 bits per heavy atom. The van der Waals surface area contributed by atoms with Crippen molar-refractivity contribution in [3.05, 3.63) is 29.6 Å². The van der Waals surface area contributed by atoms with Crippen molar-refractivity contribution in [1.29, 1.82) is 0 Å². The van der Waals surface area contributed by atoms with Crippen molar-refractivity contribution in [2.24, 2.45) is 0 Å². The Bertz CT molecular complexity index is 333. The fourth-order valence-electron chi connectivity index (χ4n) is 1.41. The second-order valence-corrected chi connectivity index (χ2v) is 5.22. The normalized spacial score (nSPS) is 12.8. The van der Waals surface area contributed by atoms with Gasteiger partial charge in [0.2, 0.25) is 0 Å². The minimum Gasteiger partial charge on any atom is -0.396 e. The molecule has 2 nitrogen and oxygen atoms in total. The summed E-state index contributed by atoms with van der Waals surface area (Å²) in [5.41, 5.74) is 0.944. The van der Waals surface area contributed by atoms with E-state index in [1.807, 2.05) is 20.0 Å². The van der Waals surface area contributed by atoms with Crippen LogP contribution in [0.5, 0.6) is 0 Å². The zero-order valence-electron chi connectivity index (χ0n) is 9.66. The second-order valence-electron chi connectivity index (χ2n) is 3.74. The molecule has 0 aliphatic rings.